The number of methoxy groups -OCH3 is 1. The summed E-state index contributed by atoms with van der Waals surface area (Å²) in [6, 6.07) is 20.6. The van der Waals surface area contributed by atoms with E-state index in [1.165, 1.54) is 6.08 Å². The van der Waals surface area contributed by atoms with Gasteiger partial charge in [-0.1, -0.05) is 48.5 Å². The highest BCUT2D eigenvalue weighted by Crippen LogP contribution is 2.24. The number of nitrogens with one attached hydrogen (secondary N) is 3. The molecular weight excluding hydrogens is 414 g/mol. The fourth-order valence-electron chi connectivity index (χ4n) is 2.70. The SMILES string of the molecule is COc1ccc(/C=C/C(=O)NC(=S)NNC(=O)COc2cccc3ccccc23)cc1. The molecule has 0 saturated carbocycles. The fourth-order valence-corrected chi connectivity index (χ4v) is 2.85. The lowest BCUT2D eigenvalue weighted by molar-refractivity contribution is -0.123. The van der Waals surface area contributed by atoms with Crippen molar-refractivity contribution in [2.24, 2.45) is 0 Å². The molecule has 8 heteroatoms. The molecule has 0 bridgehead atoms. The normalized spacial score (nSPS) is 10.5. The third-order valence-electron chi connectivity index (χ3n) is 4.20. The van der Waals surface area contributed by atoms with Crippen LogP contribution >= 0.6 is 12.2 Å². The molecule has 3 aromatic rings. The van der Waals surface area contributed by atoms with Crippen molar-refractivity contribution in [3.63, 3.8) is 0 Å². The molecular formula is C23H21N3O4S. The van der Waals surface area contributed by atoms with Crippen LogP contribution in [0.1, 0.15) is 5.56 Å². The Labute approximate surface area is 185 Å². The van der Waals surface area contributed by atoms with Crippen LogP contribution in [-0.4, -0.2) is 30.6 Å². The third-order valence-corrected chi connectivity index (χ3v) is 4.41. The van der Waals surface area contributed by atoms with Crippen molar-refractivity contribution < 1.29 is 19.1 Å². The maximum Gasteiger partial charge on any atom is 0.276 e. The number of benzene rings is 3. The van der Waals surface area contributed by atoms with Gasteiger partial charge in [0.2, 0.25) is 5.91 Å². The van der Waals surface area contributed by atoms with Gasteiger partial charge in [-0.3, -0.25) is 25.8 Å². The van der Waals surface area contributed by atoms with Gasteiger partial charge in [0.1, 0.15) is 11.5 Å². The van der Waals surface area contributed by atoms with Gasteiger partial charge in [0.25, 0.3) is 5.91 Å². The van der Waals surface area contributed by atoms with E-state index in [-0.39, 0.29) is 11.7 Å². The van der Waals surface area contributed by atoms with E-state index >= 15 is 0 Å². The lowest BCUT2D eigenvalue weighted by Crippen LogP contribution is -2.49. The van der Waals surface area contributed by atoms with E-state index < -0.39 is 11.8 Å². The standard InChI is InChI=1S/C23H21N3O4S/c1-29-18-12-9-16(10-13-18)11-14-21(27)24-23(31)26-25-22(28)15-30-20-8-4-6-17-5-2-3-7-19(17)20/h2-14H,15H2,1H3,(H,25,28)(H2,24,26,27,31)/b14-11+. The maximum absolute atomic E-state index is 12.0. The lowest BCUT2D eigenvalue weighted by Gasteiger charge is -2.11. The van der Waals surface area contributed by atoms with Crippen molar-refractivity contribution in [2.75, 3.05) is 13.7 Å². The number of fused-ring (bicyclic) bond motifs is 1. The van der Waals surface area contributed by atoms with Crippen LogP contribution in [0.15, 0.2) is 72.8 Å². The van der Waals surface area contributed by atoms with Crippen LogP contribution < -0.4 is 25.6 Å². The zero-order valence-electron chi connectivity index (χ0n) is 16.8. The Balaban J connectivity index is 1.41. The van der Waals surface area contributed by atoms with E-state index in [1.807, 2.05) is 48.5 Å². The zero-order valence-corrected chi connectivity index (χ0v) is 17.6. The molecule has 0 heterocycles. The van der Waals surface area contributed by atoms with E-state index in [0.717, 1.165) is 22.1 Å². The smallest absolute Gasteiger partial charge is 0.276 e. The van der Waals surface area contributed by atoms with Crippen molar-refractivity contribution in [3.05, 3.63) is 78.4 Å². The van der Waals surface area contributed by atoms with Crippen LogP contribution in [0.3, 0.4) is 0 Å². The first kappa shape index (κ1) is 21.8. The summed E-state index contributed by atoms with van der Waals surface area (Å²) >= 11 is 5.00. The molecule has 0 aliphatic rings. The summed E-state index contributed by atoms with van der Waals surface area (Å²) < 4.78 is 10.7. The summed E-state index contributed by atoms with van der Waals surface area (Å²) in [4.78, 5) is 24.0. The lowest BCUT2D eigenvalue weighted by atomic mass is 10.1. The minimum Gasteiger partial charge on any atom is -0.497 e. The fraction of sp³-hybridized carbons (Fsp3) is 0.0870. The molecule has 0 saturated heterocycles. The molecule has 0 aliphatic heterocycles. The van der Waals surface area contributed by atoms with Crippen molar-refractivity contribution in [3.8, 4) is 11.5 Å². The molecule has 31 heavy (non-hydrogen) atoms. The molecule has 0 fully saturated rings. The Bertz CT molecular complexity index is 1110. The third kappa shape index (κ3) is 6.55. The second kappa shape index (κ2) is 10.7. The number of hydrogen-bond acceptors (Lipinski definition) is 5. The van der Waals surface area contributed by atoms with Crippen LogP contribution in [0.2, 0.25) is 0 Å². The van der Waals surface area contributed by atoms with Crippen molar-refractivity contribution >= 4 is 46.0 Å². The topological polar surface area (TPSA) is 88.7 Å². The van der Waals surface area contributed by atoms with E-state index in [4.69, 9.17) is 21.7 Å². The molecule has 0 atom stereocenters. The van der Waals surface area contributed by atoms with E-state index in [1.54, 1.807) is 31.4 Å². The quantitative estimate of drug-likeness (QED) is 0.313. The van der Waals surface area contributed by atoms with Crippen molar-refractivity contribution in [2.45, 2.75) is 0 Å². The van der Waals surface area contributed by atoms with Crippen LogP contribution in [0.5, 0.6) is 11.5 Å². The number of thiocarbonyl (C=S) groups is 1. The maximum atomic E-state index is 12.0. The van der Waals surface area contributed by atoms with Crippen LogP contribution in [-0.2, 0) is 9.59 Å². The summed E-state index contributed by atoms with van der Waals surface area (Å²) in [5.41, 5.74) is 5.68. The Morgan fingerprint density at radius 2 is 1.71 bits per heavy atom. The highest BCUT2D eigenvalue weighted by Gasteiger charge is 2.07. The van der Waals surface area contributed by atoms with E-state index in [0.29, 0.717) is 5.75 Å². The molecule has 3 aromatic carbocycles. The number of carbonyl (C=O) groups excluding carboxylic acids is 2. The first-order chi connectivity index (χ1) is 15.0. The Hall–Kier alpha value is -3.91. The van der Waals surface area contributed by atoms with Gasteiger partial charge < -0.3 is 9.47 Å². The highest BCUT2D eigenvalue weighted by molar-refractivity contribution is 7.80. The molecule has 158 valence electrons. The number of rotatable bonds is 6. The van der Waals surface area contributed by atoms with Crippen molar-refractivity contribution in [1.29, 1.82) is 0 Å². The number of carbonyl (C=O) groups is 2. The summed E-state index contributed by atoms with van der Waals surface area (Å²) in [6.07, 6.45) is 2.97. The monoisotopic (exact) mass is 435 g/mol. The largest absolute Gasteiger partial charge is 0.497 e. The van der Waals surface area contributed by atoms with Gasteiger partial charge in [-0.15, -0.1) is 0 Å². The Morgan fingerprint density at radius 1 is 0.968 bits per heavy atom. The van der Waals surface area contributed by atoms with E-state index in [2.05, 4.69) is 16.2 Å². The molecule has 0 aliphatic carbocycles. The summed E-state index contributed by atoms with van der Waals surface area (Å²) in [5, 5.41) is 4.33. The second-order valence-electron chi connectivity index (χ2n) is 6.36. The van der Waals surface area contributed by atoms with Crippen LogP contribution in [0.4, 0.5) is 0 Å². The van der Waals surface area contributed by atoms with Gasteiger partial charge in [-0.2, -0.15) is 0 Å². The average molecular weight is 436 g/mol. The van der Waals surface area contributed by atoms with Gasteiger partial charge in [0, 0.05) is 11.5 Å². The Morgan fingerprint density at radius 3 is 2.48 bits per heavy atom. The van der Waals surface area contributed by atoms with Crippen LogP contribution in [0, 0.1) is 0 Å². The van der Waals surface area contributed by atoms with Gasteiger partial charge in [-0.05, 0) is 47.4 Å². The molecule has 3 rings (SSSR count). The van der Waals surface area contributed by atoms with Gasteiger partial charge in [0.05, 0.1) is 7.11 Å². The first-order valence-corrected chi connectivity index (χ1v) is 9.78. The van der Waals surface area contributed by atoms with E-state index in [9.17, 15) is 9.59 Å². The zero-order chi connectivity index (χ0) is 22.1. The predicted molar refractivity (Wildman–Crippen MR) is 123 cm³/mol. The average Bonchev–Trinajstić information content (AvgIpc) is 2.80. The molecule has 2 amide bonds. The van der Waals surface area contributed by atoms with Crippen LogP contribution in [0.25, 0.3) is 16.8 Å². The summed E-state index contributed by atoms with van der Waals surface area (Å²) in [7, 11) is 1.58. The molecule has 7 nitrogen and oxygen atoms in total. The molecule has 0 radical (unpaired) electrons. The predicted octanol–water partition coefficient (Wildman–Crippen LogP) is 2.96. The summed E-state index contributed by atoms with van der Waals surface area (Å²) in [6.45, 7) is -0.213. The molecule has 0 unspecified atom stereocenters. The minimum atomic E-state index is -0.446. The first-order valence-electron chi connectivity index (χ1n) is 9.37. The van der Waals surface area contributed by atoms with Crippen molar-refractivity contribution in [1.82, 2.24) is 16.2 Å². The van der Waals surface area contributed by atoms with Gasteiger partial charge in [0.15, 0.2) is 11.7 Å². The number of hydrazine groups is 1. The number of ether oxygens (including phenoxy) is 2. The number of amides is 2. The molecule has 0 spiro atoms. The van der Waals surface area contributed by atoms with Gasteiger partial charge >= 0.3 is 0 Å². The highest BCUT2D eigenvalue weighted by atomic mass is 32.1. The molecule has 0 aromatic heterocycles. The summed E-state index contributed by atoms with van der Waals surface area (Å²) in [5.74, 6) is 0.452. The minimum absolute atomic E-state index is 0.0390. The Kier molecular flexibility index (Phi) is 7.56. The van der Waals surface area contributed by atoms with Gasteiger partial charge in [-0.25, -0.2) is 0 Å². The number of hydrogen-bond donors (Lipinski definition) is 3. The second-order valence-corrected chi connectivity index (χ2v) is 6.77. The molecule has 3 N–H and O–H groups in total.